The Morgan fingerprint density at radius 1 is 1.35 bits per heavy atom. The second-order valence-corrected chi connectivity index (χ2v) is 7.50. The summed E-state index contributed by atoms with van der Waals surface area (Å²) in [7, 11) is -1.14. The molecule has 0 aliphatic rings. The second kappa shape index (κ2) is 5.85. The fourth-order valence-electron chi connectivity index (χ4n) is 1.59. The van der Waals surface area contributed by atoms with Crippen LogP contribution in [0, 0.1) is 5.82 Å². The lowest BCUT2D eigenvalue weighted by atomic mass is 10.3. The summed E-state index contributed by atoms with van der Waals surface area (Å²) in [6.45, 7) is 6.13. The molecule has 1 N–H and O–H groups in total. The van der Waals surface area contributed by atoms with E-state index in [1.165, 1.54) is 10.7 Å². The molecule has 0 bridgehead atoms. The molecule has 0 saturated carbocycles. The van der Waals surface area contributed by atoms with Crippen molar-refractivity contribution >= 4 is 11.0 Å². The third kappa shape index (κ3) is 3.52. The minimum atomic E-state index is -1.14. The van der Waals surface area contributed by atoms with Crippen molar-refractivity contribution in [3.8, 4) is 5.69 Å². The summed E-state index contributed by atoms with van der Waals surface area (Å²) in [6.07, 6.45) is 3.37. The smallest absolute Gasteiger partial charge is 0.148 e. The van der Waals surface area contributed by atoms with Gasteiger partial charge >= 0.3 is 0 Å². The van der Waals surface area contributed by atoms with Crippen molar-refractivity contribution in [3.05, 3.63) is 48.0 Å². The Balaban J connectivity index is 2.07. The lowest BCUT2D eigenvalue weighted by molar-refractivity contribution is 0.610. The maximum absolute atomic E-state index is 13.6. The Labute approximate surface area is 120 Å². The monoisotopic (exact) mass is 295 g/mol. The minimum Gasteiger partial charge on any atom is -0.242 e. The van der Waals surface area contributed by atoms with Gasteiger partial charge in [-0.3, -0.25) is 0 Å². The van der Waals surface area contributed by atoms with Crippen LogP contribution in [0.25, 0.3) is 5.69 Å². The van der Waals surface area contributed by atoms with Gasteiger partial charge in [0.25, 0.3) is 0 Å². The first-order chi connectivity index (χ1) is 9.38. The van der Waals surface area contributed by atoms with Gasteiger partial charge in [0.15, 0.2) is 0 Å². The van der Waals surface area contributed by atoms with Crippen LogP contribution in [-0.4, -0.2) is 18.7 Å². The van der Waals surface area contributed by atoms with Crippen molar-refractivity contribution in [1.82, 2.24) is 14.5 Å². The van der Waals surface area contributed by atoms with E-state index in [1.807, 2.05) is 20.8 Å². The molecule has 4 nitrogen and oxygen atoms in total. The summed E-state index contributed by atoms with van der Waals surface area (Å²) in [6, 6.07) is 6.44. The number of benzene rings is 1. The number of rotatable bonds is 4. The summed E-state index contributed by atoms with van der Waals surface area (Å²) in [4.78, 5) is 0. The van der Waals surface area contributed by atoms with Crippen LogP contribution in [0.3, 0.4) is 0 Å². The molecule has 1 aromatic carbocycles. The zero-order chi connectivity index (χ0) is 14.8. The van der Waals surface area contributed by atoms with Gasteiger partial charge in [0.1, 0.15) is 11.5 Å². The van der Waals surface area contributed by atoms with E-state index in [-0.39, 0.29) is 10.6 Å². The molecule has 20 heavy (non-hydrogen) atoms. The predicted molar refractivity (Wildman–Crippen MR) is 78.3 cm³/mol. The Hall–Kier alpha value is -1.53. The normalized spacial score (nSPS) is 13.4. The van der Waals surface area contributed by atoms with E-state index in [4.69, 9.17) is 0 Å². The van der Waals surface area contributed by atoms with Crippen molar-refractivity contribution in [2.45, 2.75) is 32.1 Å². The van der Waals surface area contributed by atoms with Crippen molar-refractivity contribution < 1.29 is 8.60 Å². The lowest BCUT2D eigenvalue weighted by Crippen LogP contribution is -2.32. The van der Waals surface area contributed by atoms with Crippen LogP contribution in [0.2, 0.25) is 0 Å². The molecule has 0 fully saturated rings. The number of nitrogens with zero attached hydrogens (tertiary/aromatic N) is 2. The molecule has 1 aromatic heterocycles. The van der Waals surface area contributed by atoms with Gasteiger partial charge in [-0.15, -0.1) is 0 Å². The van der Waals surface area contributed by atoms with Crippen molar-refractivity contribution in [2.75, 3.05) is 0 Å². The van der Waals surface area contributed by atoms with E-state index >= 15 is 0 Å². The van der Waals surface area contributed by atoms with Crippen molar-refractivity contribution in [3.63, 3.8) is 0 Å². The second-order valence-electron chi connectivity index (χ2n) is 5.45. The predicted octanol–water partition coefficient (Wildman–Crippen LogP) is 2.56. The largest absolute Gasteiger partial charge is 0.242 e. The molecule has 0 radical (unpaired) electrons. The minimum absolute atomic E-state index is 0.318. The zero-order valence-corrected chi connectivity index (χ0v) is 12.6. The van der Waals surface area contributed by atoms with Crippen LogP contribution in [0.4, 0.5) is 4.39 Å². The third-order valence-corrected chi connectivity index (χ3v) is 4.22. The molecule has 0 aliphatic heterocycles. The first-order valence-corrected chi connectivity index (χ1v) is 7.47. The molecule has 1 atom stereocenters. The van der Waals surface area contributed by atoms with Crippen LogP contribution in [-0.2, 0) is 17.5 Å². The number of aromatic nitrogens is 2. The molecule has 108 valence electrons. The molecule has 0 aliphatic carbocycles. The van der Waals surface area contributed by atoms with Crippen LogP contribution in [0.1, 0.15) is 26.3 Å². The maximum atomic E-state index is 13.6. The number of halogens is 1. The van der Waals surface area contributed by atoms with Crippen molar-refractivity contribution in [1.29, 1.82) is 0 Å². The van der Waals surface area contributed by atoms with E-state index in [0.717, 1.165) is 5.56 Å². The molecular formula is C14H18FN3OS. The van der Waals surface area contributed by atoms with Gasteiger partial charge in [0.2, 0.25) is 0 Å². The first kappa shape index (κ1) is 14.9. The quantitative estimate of drug-likeness (QED) is 0.942. The van der Waals surface area contributed by atoms with Crippen LogP contribution < -0.4 is 4.72 Å². The molecule has 2 aromatic rings. The summed E-state index contributed by atoms with van der Waals surface area (Å²) in [5.41, 5.74) is 1.25. The number of nitrogens with one attached hydrogen (secondary N) is 1. The van der Waals surface area contributed by atoms with Crippen LogP contribution in [0.15, 0.2) is 36.7 Å². The highest BCUT2D eigenvalue weighted by Crippen LogP contribution is 2.13. The topological polar surface area (TPSA) is 46.9 Å². The summed E-state index contributed by atoms with van der Waals surface area (Å²) in [5, 5.41) is 4.13. The summed E-state index contributed by atoms with van der Waals surface area (Å²) in [5.74, 6) is -0.326. The average Bonchev–Trinajstić information content (AvgIpc) is 2.84. The molecule has 0 amide bonds. The highest BCUT2D eigenvalue weighted by molar-refractivity contribution is 7.84. The van der Waals surface area contributed by atoms with Gasteiger partial charge in [-0.25, -0.2) is 18.0 Å². The molecular weight excluding hydrogens is 277 g/mol. The average molecular weight is 295 g/mol. The van der Waals surface area contributed by atoms with E-state index in [9.17, 15) is 8.60 Å². The van der Waals surface area contributed by atoms with E-state index in [0.29, 0.717) is 12.2 Å². The van der Waals surface area contributed by atoms with E-state index in [1.54, 1.807) is 30.6 Å². The van der Waals surface area contributed by atoms with Gasteiger partial charge in [-0.1, -0.05) is 12.1 Å². The SMILES string of the molecule is CC(C)(C)S(=O)NCc1cnn(-c2ccccc2F)c1. The molecule has 0 saturated heterocycles. The molecule has 6 heteroatoms. The third-order valence-electron chi connectivity index (χ3n) is 2.70. The van der Waals surface area contributed by atoms with E-state index < -0.39 is 11.0 Å². The van der Waals surface area contributed by atoms with E-state index in [2.05, 4.69) is 9.82 Å². The zero-order valence-electron chi connectivity index (χ0n) is 11.8. The Kier molecular flexibility index (Phi) is 4.35. The molecule has 1 unspecified atom stereocenters. The Bertz CT molecular complexity index is 619. The summed E-state index contributed by atoms with van der Waals surface area (Å²) < 4.78 is 29.6. The number of hydrogen-bond donors (Lipinski definition) is 1. The van der Waals surface area contributed by atoms with Crippen molar-refractivity contribution in [2.24, 2.45) is 0 Å². The highest BCUT2D eigenvalue weighted by Gasteiger charge is 2.19. The fraction of sp³-hybridized carbons (Fsp3) is 0.357. The molecule has 0 spiro atoms. The highest BCUT2D eigenvalue weighted by atomic mass is 32.2. The Morgan fingerprint density at radius 3 is 2.70 bits per heavy atom. The first-order valence-electron chi connectivity index (χ1n) is 6.32. The fourth-order valence-corrected chi connectivity index (χ4v) is 2.32. The summed E-state index contributed by atoms with van der Waals surface area (Å²) >= 11 is 0. The van der Waals surface area contributed by atoms with Gasteiger partial charge < -0.3 is 0 Å². The standard InChI is InChI=1S/C14H18FN3OS/c1-14(2,3)20(19)17-9-11-8-16-18(10-11)13-7-5-4-6-12(13)15/h4-8,10,17H,9H2,1-3H3. The van der Waals surface area contributed by atoms with Gasteiger partial charge in [0.05, 0.1) is 21.9 Å². The number of hydrogen-bond acceptors (Lipinski definition) is 2. The maximum Gasteiger partial charge on any atom is 0.148 e. The van der Waals surface area contributed by atoms with Gasteiger partial charge in [-0.05, 0) is 32.9 Å². The molecule has 1 heterocycles. The van der Waals surface area contributed by atoms with Crippen LogP contribution in [0.5, 0.6) is 0 Å². The number of para-hydroxylation sites is 1. The van der Waals surface area contributed by atoms with Crippen LogP contribution >= 0.6 is 0 Å². The Morgan fingerprint density at radius 2 is 2.05 bits per heavy atom. The van der Waals surface area contributed by atoms with Gasteiger partial charge in [0, 0.05) is 18.3 Å². The molecule has 2 rings (SSSR count). The van der Waals surface area contributed by atoms with Gasteiger partial charge in [-0.2, -0.15) is 5.10 Å². The lowest BCUT2D eigenvalue weighted by Gasteiger charge is -2.17.